The van der Waals surface area contributed by atoms with Gasteiger partial charge in [-0.3, -0.25) is 14.3 Å². The lowest BCUT2D eigenvalue weighted by molar-refractivity contribution is 0.0955. The number of rotatable bonds is 5. The molecule has 1 atom stereocenters. The fourth-order valence-electron chi connectivity index (χ4n) is 2.36. The van der Waals surface area contributed by atoms with Gasteiger partial charge in [-0.15, -0.1) is 0 Å². The van der Waals surface area contributed by atoms with Crippen LogP contribution < -0.4 is 5.32 Å². The quantitative estimate of drug-likeness (QED) is 0.858. The topological polar surface area (TPSA) is 64.0 Å². The highest BCUT2D eigenvalue weighted by Gasteiger charge is 2.22. The molecule has 0 spiro atoms. The van der Waals surface area contributed by atoms with E-state index < -0.39 is 0 Å². The van der Waals surface area contributed by atoms with Crippen molar-refractivity contribution in [3.8, 4) is 0 Å². The minimum absolute atomic E-state index is 0.0662. The van der Waals surface area contributed by atoms with E-state index in [1.54, 1.807) is 17.8 Å². The molecule has 0 fully saturated rings. The van der Waals surface area contributed by atoms with Gasteiger partial charge in [0.15, 0.2) is 11.5 Å². The molecule has 110 valence electrons. The third-order valence-corrected chi connectivity index (χ3v) is 3.42. The van der Waals surface area contributed by atoms with Gasteiger partial charge in [-0.25, -0.2) is 0 Å². The van der Waals surface area contributed by atoms with E-state index >= 15 is 0 Å². The minimum Gasteiger partial charge on any atom is -0.354 e. The number of ketones is 1. The second-order valence-corrected chi connectivity index (χ2v) is 4.83. The Balaban J connectivity index is 2.52. The first kappa shape index (κ1) is 15.0. The molecule has 0 bridgehead atoms. The molecule has 21 heavy (non-hydrogen) atoms. The van der Waals surface area contributed by atoms with Crippen LogP contribution in [0.2, 0.25) is 0 Å². The Morgan fingerprint density at radius 1 is 1.29 bits per heavy atom. The molecule has 1 aromatic carbocycles. The first-order valence-corrected chi connectivity index (χ1v) is 6.96. The van der Waals surface area contributed by atoms with Gasteiger partial charge in [0.05, 0.1) is 6.04 Å². The lowest BCUT2D eigenvalue weighted by atomic mass is 10.0. The van der Waals surface area contributed by atoms with Gasteiger partial charge in [0, 0.05) is 20.0 Å². The van der Waals surface area contributed by atoms with Gasteiger partial charge in [0.25, 0.3) is 5.91 Å². The van der Waals surface area contributed by atoms with Crippen molar-refractivity contribution in [2.75, 3.05) is 7.05 Å². The highest BCUT2D eigenvalue weighted by Crippen LogP contribution is 2.23. The normalized spacial score (nSPS) is 12.0. The van der Waals surface area contributed by atoms with Gasteiger partial charge in [0.1, 0.15) is 5.69 Å². The summed E-state index contributed by atoms with van der Waals surface area (Å²) in [6.07, 6.45) is 0.777. The van der Waals surface area contributed by atoms with Crippen molar-refractivity contribution < 1.29 is 9.59 Å². The molecule has 0 radical (unpaired) electrons. The van der Waals surface area contributed by atoms with Crippen molar-refractivity contribution in [2.24, 2.45) is 0 Å². The number of carbonyl (C=O) groups is 2. The number of benzene rings is 1. The zero-order valence-electron chi connectivity index (χ0n) is 12.5. The summed E-state index contributed by atoms with van der Waals surface area (Å²) in [7, 11) is 1.54. The minimum atomic E-state index is -0.292. The molecule has 0 aliphatic carbocycles. The van der Waals surface area contributed by atoms with Gasteiger partial charge >= 0.3 is 0 Å². The zero-order chi connectivity index (χ0) is 15.4. The number of carbonyl (C=O) groups excluding carboxylic acids is 2. The molecular weight excluding hydrogens is 266 g/mol. The van der Waals surface area contributed by atoms with Gasteiger partial charge < -0.3 is 5.32 Å². The van der Waals surface area contributed by atoms with Crippen molar-refractivity contribution in [2.45, 2.75) is 26.3 Å². The van der Waals surface area contributed by atoms with Crippen LogP contribution in [0.3, 0.4) is 0 Å². The number of amides is 1. The van der Waals surface area contributed by atoms with E-state index in [1.165, 1.54) is 6.92 Å². The largest absolute Gasteiger partial charge is 0.354 e. The van der Waals surface area contributed by atoms with Crippen LogP contribution in [-0.4, -0.2) is 28.5 Å². The van der Waals surface area contributed by atoms with Crippen LogP contribution in [0.15, 0.2) is 36.4 Å². The molecule has 1 amide bonds. The van der Waals surface area contributed by atoms with Crippen LogP contribution in [0.4, 0.5) is 0 Å². The van der Waals surface area contributed by atoms with Crippen LogP contribution in [0, 0.1) is 0 Å². The van der Waals surface area contributed by atoms with Gasteiger partial charge in [0.2, 0.25) is 0 Å². The molecule has 1 heterocycles. The molecule has 2 aromatic rings. The van der Waals surface area contributed by atoms with Crippen molar-refractivity contribution in [1.82, 2.24) is 15.1 Å². The van der Waals surface area contributed by atoms with Crippen molar-refractivity contribution in [3.05, 3.63) is 53.3 Å². The molecule has 5 nitrogen and oxygen atoms in total. The summed E-state index contributed by atoms with van der Waals surface area (Å²) in [4.78, 5) is 23.6. The van der Waals surface area contributed by atoms with E-state index in [0.29, 0.717) is 5.69 Å². The number of nitrogens with zero attached hydrogens (tertiary/aromatic N) is 2. The van der Waals surface area contributed by atoms with Gasteiger partial charge in [-0.2, -0.15) is 5.10 Å². The van der Waals surface area contributed by atoms with Crippen molar-refractivity contribution >= 4 is 11.7 Å². The molecule has 1 unspecified atom stereocenters. The maximum atomic E-state index is 11.8. The number of hydrogen-bond acceptors (Lipinski definition) is 3. The summed E-state index contributed by atoms with van der Waals surface area (Å²) < 4.78 is 1.65. The molecule has 5 heteroatoms. The molecule has 0 saturated heterocycles. The van der Waals surface area contributed by atoms with Gasteiger partial charge in [-0.1, -0.05) is 37.3 Å². The lowest BCUT2D eigenvalue weighted by Gasteiger charge is -2.18. The number of nitrogens with one attached hydrogen (secondary N) is 1. The highest BCUT2D eigenvalue weighted by atomic mass is 16.2. The Hall–Kier alpha value is -2.43. The molecular formula is C16H19N3O2. The van der Waals surface area contributed by atoms with Crippen LogP contribution in [0.1, 0.15) is 52.9 Å². The Morgan fingerprint density at radius 3 is 2.48 bits per heavy atom. The van der Waals surface area contributed by atoms with Crippen molar-refractivity contribution in [3.63, 3.8) is 0 Å². The lowest BCUT2D eigenvalue weighted by Crippen LogP contribution is -2.20. The number of aromatic nitrogens is 2. The average Bonchev–Trinajstić information content (AvgIpc) is 2.93. The van der Waals surface area contributed by atoms with Crippen molar-refractivity contribution in [1.29, 1.82) is 0 Å². The third kappa shape index (κ3) is 3.02. The van der Waals surface area contributed by atoms with Gasteiger partial charge in [-0.05, 0) is 12.0 Å². The Kier molecular flexibility index (Phi) is 4.52. The van der Waals surface area contributed by atoms with Crippen LogP contribution in [0.25, 0.3) is 0 Å². The molecule has 1 aromatic heterocycles. The number of hydrogen-bond donors (Lipinski definition) is 1. The smallest absolute Gasteiger partial charge is 0.271 e. The summed E-state index contributed by atoms with van der Waals surface area (Å²) in [5, 5.41) is 6.86. The predicted molar refractivity (Wildman–Crippen MR) is 80.5 cm³/mol. The van der Waals surface area contributed by atoms with E-state index in [-0.39, 0.29) is 23.4 Å². The molecule has 0 aliphatic heterocycles. The standard InChI is InChI=1S/C16H19N3O2/c1-4-14(12-8-6-5-7-9-12)19-15(11(2)20)10-13(18-19)16(21)17-3/h5-10,14H,4H2,1-3H3,(H,17,21). The second kappa shape index (κ2) is 6.35. The fourth-order valence-corrected chi connectivity index (χ4v) is 2.36. The first-order valence-electron chi connectivity index (χ1n) is 6.96. The molecule has 1 N–H and O–H groups in total. The summed E-state index contributed by atoms with van der Waals surface area (Å²) in [5.41, 5.74) is 1.77. The summed E-state index contributed by atoms with van der Waals surface area (Å²) in [6.45, 7) is 3.52. The zero-order valence-corrected chi connectivity index (χ0v) is 12.5. The van der Waals surface area contributed by atoms with Crippen LogP contribution in [-0.2, 0) is 0 Å². The summed E-state index contributed by atoms with van der Waals surface area (Å²) in [5.74, 6) is -0.397. The van der Waals surface area contributed by atoms with E-state index in [9.17, 15) is 9.59 Å². The summed E-state index contributed by atoms with van der Waals surface area (Å²) in [6, 6.07) is 11.3. The fraction of sp³-hybridized carbons (Fsp3) is 0.312. The predicted octanol–water partition coefficient (Wildman–Crippen LogP) is 2.44. The Bertz CT molecular complexity index is 647. The first-order chi connectivity index (χ1) is 10.1. The number of Topliss-reactive ketones (excluding diaryl/α,β-unsaturated/α-hetero) is 1. The van der Waals surface area contributed by atoms with Crippen LogP contribution >= 0.6 is 0 Å². The van der Waals surface area contributed by atoms with Crippen LogP contribution in [0.5, 0.6) is 0 Å². The second-order valence-electron chi connectivity index (χ2n) is 4.83. The third-order valence-electron chi connectivity index (χ3n) is 3.42. The Labute approximate surface area is 124 Å². The van der Waals surface area contributed by atoms with E-state index in [2.05, 4.69) is 10.4 Å². The summed E-state index contributed by atoms with van der Waals surface area (Å²) >= 11 is 0. The SMILES string of the molecule is CCC(c1ccccc1)n1nc(C(=O)NC)cc1C(C)=O. The molecule has 0 saturated carbocycles. The van der Waals surface area contributed by atoms with E-state index in [0.717, 1.165) is 12.0 Å². The van der Waals surface area contributed by atoms with E-state index in [1.807, 2.05) is 37.3 Å². The maximum absolute atomic E-state index is 11.8. The average molecular weight is 285 g/mol. The molecule has 0 aliphatic rings. The monoisotopic (exact) mass is 285 g/mol. The Morgan fingerprint density at radius 2 is 1.95 bits per heavy atom. The highest BCUT2D eigenvalue weighted by molar-refractivity contribution is 5.97. The van der Waals surface area contributed by atoms with E-state index in [4.69, 9.17) is 0 Å². The maximum Gasteiger partial charge on any atom is 0.271 e. The molecule has 2 rings (SSSR count).